The number of hydrogen-bond acceptors (Lipinski definition) is 8. The molecule has 0 aromatic heterocycles. The quantitative estimate of drug-likeness (QED) is 0.116. The van der Waals surface area contributed by atoms with Crippen LogP contribution in [0.25, 0.3) is 0 Å². The average Bonchev–Trinajstić information content (AvgIpc) is 3.53. The third-order valence-corrected chi connectivity index (χ3v) is 7.39. The topological polar surface area (TPSA) is 200 Å². The zero-order chi connectivity index (χ0) is 34.2. The fourth-order valence-electron chi connectivity index (χ4n) is 4.92. The Bertz CT molecular complexity index is 1250. The first-order chi connectivity index (χ1) is 21.9. The maximum absolute atomic E-state index is 13.6. The van der Waals surface area contributed by atoms with Gasteiger partial charge in [0.15, 0.2) is 0 Å². The second-order valence-electron chi connectivity index (χ2n) is 11.3. The predicted octanol–water partition coefficient (Wildman–Crippen LogP) is 1.43. The van der Waals surface area contributed by atoms with E-state index in [0.29, 0.717) is 24.8 Å². The van der Waals surface area contributed by atoms with Crippen LogP contribution in [-0.4, -0.2) is 88.7 Å². The van der Waals surface area contributed by atoms with Gasteiger partial charge >= 0.3 is 12.1 Å². The predicted molar refractivity (Wildman–Crippen MR) is 167 cm³/mol. The number of nitrogens with one attached hydrogen (secondary N) is 4. The molecule has 0 radical (unpaired) electrons. The number of ketones is 1. The highest BCUT2D eigenvalue weighted by Gasteiger charge is 2.40. The summed E-state index contributed by atoms with van der Waals surface area (Å²) in [4.78, 5) is 89.9. The summed E-state index contributed by atoms with van der Waals surface area (Å²) < 4.78 is 5.07. The summed E-state index contributed by atoms with van der Waals surface area (Å²) in [5.41, 5.74) is 0.715. The maximum atomic E-state index is 13.6. The molecule has 4 atom stereocenters. The van der Waals surface area contributed by atoms with Gasteiger partial charge in [0, 0.05) is 19.5 Å². The van der Waals surface area contributed by atoms with Crippen molar-refractivity contribution in [3.8, 4) is 0 Å². The van der Waals surface area contributed by atoms with Crippen molar-refractivity contribution in [2.24, 2.45) is 5.92 Å². The summed E-state index contributed by atoms with van der Waals surface area (Å²) in [6, 6.07) is 4.42. The summed E-state index contributed by atoms with van der Waals surface area (Å²) in [5.74, 6) is -5.06. The second-order valence-corrected chi connectivity index (χ2v) is 11.3. The van der Waals surface area contributed by atoms with Crippen molar-refractivity contribution in [2.45, 2.75) is 90.1 Å². The number of rotatable bonds is 18. The number of aliphatic carboxylic acids is 1. The van der Waals surface area contributed by atoms with Crippen molar-refractivity contribution >= 4 is 41.5 Å². The number of alkyl carbamates (subject to hydrolysis) is 1. The van der Waals surface area contributed by atoms with Gasteiger partial charge in [-0.25, -0.2) is 9.59 Å². The van der Waals surface area contributed by atoms with Crippen molar-refractivity contribution in [3.05, 3.63) is 48.6 Å². The van der Waals surface area contributed by atoms with E-state index >= 15 is 0 Å². The number of carbonyl (C=O) groups is 7. The van der Waals surface area contributed by atoms with Crippen LogP contribution in [0.1, 0.15) is 64.9 Å². The molecule has 1 aliphatic rings. The Morgan fingerprint density at radius 3 is 2.33 bits per heavy atom. The lowest BCUT2D eigenvalue weighted by Crippen LogP contribution is -2.57. The van der Waals surface area contributed by atoms with Crippen molar-refractivity contribution < 1.29 is 43.4 Å². The molecule has 1 aromatic rings. The summed E-state index contributed by atoms with van der Waals surface area (Å²) >= 11 is 0. The lowest BCUT2D eigenvalue weighted by atomic mass is 10.0. The summed E-state index contributed by atoms with van der Waals surface area (Å²) in [7, 11) is 0. The molecule has 14 nitrogen and oxygen atoms in total. The molecule has 46 heavy (non-hydrogen) atoms. The number of ether oxygens (including phenoxy) is 1. The van der Waals surface area contributed by atoms with Gasteiger partial charge < -0.3 is 36.0 Å². The van der Waals surface area contributed by atoms with E-state index in [-0.39, 0.29) is 44.9 Å². The van der Waals surface area contributed by atoms with Crippen LogP contribution in [-0.2, 0) is 40.1 Å². The minimum absolute atomic E-state index is 0.0617. The van der Waals surface area contributed by atoms with Gasteiger partial charge in [-0.05, 0) is 37.2 Å². The molecule has 252 valence electrons. The lowest BCUT2D eigenvalue weighted by molar-refractivity contribution is -0.144. The third-order valence-electron chi connectivity index (χ3n) is 7.39. The molecule has 0 bridgehead atoms. The van der Waals surface area contributed by atoms with Gasteiger partial charge in [0.2, 0.25) is 23.5 Å². The van der Waals surface area contributed by atoms with E-state index in [2.05, 4.69) is 27.8 Å². The second kappa shape index (κ2) is 18.9. The molecule has 1 fully saturated rings. The number of carboxylic acid groups (broad SMARTS) is 1. The fourth-order valence-corrected chi connectivity index (χ4v) is 4.92. The molecular formula is C32H45N5O9. The fraction of sp³-hybridized carbons (Fsp3) is 0.531. The molecule has 1 aromatic carbocycles. The number of hydrogen-bond donors (Lipinski definition) is 5. The van der Waals surface area contributed by atoms with E-state index in [1.165, 1.54) is 11.0 Å². The van der Waals surface area contributed by atoms with E-state index in [0.717, 1.165) is 0 Å². The van der Waals surface area contributed by atoms with Crippen molar-refractivity contribution in [1.82, 2.24) is 26.2 Å². The van der Waals surface area contributed by atoms with Crippen LogP contribution in [0.4, 0.5) is 4.79 Å². The number of Topliss-reactive ketones (excluding diaryl/α,β-unsaturated/α-hetero) is 1. The first-order valence-electron chi connectivity index (χ1n) is 15.4. The van der Waals surface area contributed by atoms with Crippen molar-refractivity contribution in [1.29, 1.82) is 0 Å². The SMILES string of the molecule is C=CCNC(=O)C(=O)[C@H](CCC)NC(=O)[C@@H]1CCCN1C(=O)[C@@H](NC(=O)CC[C@H](NC(=O)OCc1ccccc1)C(=O)O)C(C)C. The number of amides is 5. The van der Waals surface area contributed by atoms with Gasteiger partial charge in [0.05, 0.1) is 6.04 Å². The molecule has 14 heteroatoms. The van der Waals surface area contributed by atoms with Gasteiger partial charge in [0.1, 0.15) is 24.7 Å². The molecule has 0 aliphatic carbocycles. The molecule has 5 N–H and O–H groups in total. The van der Waals surface area contributed by atoms with Crippen LogP contribution < -0.4 is 21.3 Å². The Kier molecular flexibility index (Phi) is 15.4. The molecule has 0 unspecified atom stereocenters. The van der Waals surface area contributed by atoms with Crippen molar-refractivity contribution in [3.63, 3.8) is 0 Å². The van der Waals surface area contributed by atoms with Crippen LogP contribution in [0, 0.1) is 5.92 Å². The maximum Gasteiger partial charge on any atom is 0.408 e. The smallest absolute Gasteiger partial charge is 0.408 e. The van der Waals surface area contributed by atoms with Gasteiger partial charge in [-0.15, -0.1) is 6.58 Å². The number of carboxylic acids is 1. The Morgan fingerprint density at radius 2 is 1.72 bits per heavy atom. The average molecular weight is 644 g/mol. The monoisotopic (exact) mass is 643 g/mol. The number of likely N-dealkylation sites (tertiary alicyclic amines) is 1. The van der Waals surface area contributed by atoms with Gasteiger partial charge in [0.25, 0.3) is 5.91 Å². The molecule has 5 amide bonds. The first kappa shape index (κ1) is 37.4. The van der Waals surface area contributed by atoms with E-state index in [1.807, 2.05) is 6.92 Å². The largest absolute Gasteiger partial charge is 0.480 e. The summed E-state index contributed by atoms with van der Waals surface area (Å²) in [6.07, 6.45) is 1.50. The standard InChI is InChI=1S/C32H45N5O9/c1-5-11-22(27(39)29(41)33-17-6-2)34-28(40)24-14-10-18-37(24)30(42)26(20(3)4)36-25(38)16-15-23(31(43)44)35-32(45)46-19-21-12-8-7-9-13-21/h6-9,12-13,20,22-24,26H,2,5,10-11,14-19H2,1,3-4H3,(H,33,41)(H,34,40)(H,35,45)(H,36,38)(H,43,44)/t22-,23-,24-,26-/m0/s1. The van der Waals surface area contributed by atoms with Gasteiger partial charge in [-0.3, -0.25) is 24.0 Å². The van der Waals surface area contributed by atoms with E-state index in [1.54, 1.807) is 44.2 Å². The van der Waals surface area contributed by atoms with E-state index < -0.39 is 65.6 Å². The molecule has 0 saturated carbocycles. The molecular weight excluding hydrogens is 598 g/mol. The van der Waals surface area contributed by atoms with Crippen LogP contribution in [0.5, 0.6) is 0 Å². The Hall–Kier alpha value is -4.75. The highest BCUT2D eigenvalue weighted by atomic mass is 16.5. The molecule has 1 heterocycles. The van der Waals surface area contributed by atoms with Crippen LogP contribution in [0.2, 0.25) is 0 Å². The van der Waals surface area contributed by atoms with Crippen molar-refractivity contribution in [2.75, 3.05) is 13.1 Å². The van der Waals surface area contributed by atoms with Crippen LogP contribution in [0.15, 0.2) is 43.0 Å². The minimum atomic E-state index is -1.41. The zero-order valence-corrected chi connectivity index (χ0v) is 26.6. The number of nitrogens with zero attached hydrogens (tertiary/aromatic N) is 1. The molecule has 0 spiro atoms. The Morgan fingerprint density at radius 1 is 1.02 bits per heavy atom. The van der Waals surface area contributed by atoms with Gasteiger partial charge in [-0.2, -0.15) is 0 Å². The Labute approximate surface area is 268 Å². The molecule has 1 saturated heterocycles. The lowest BCUT2D eigenvalue weighted by Gasteiger charge is -2.31. The van der Waals surface area contributed by atoms with E-state index in [4.69, 9.17) is 4.74 Å². The Balaban J connectivity index is 1.99. The number of benzene rings is 1. The molecule has 2 rings (SSSR count). The van der Waals surface area contributed by atoms with Crippen LogP contribution >= 0.6 is 0 Å². The number of carbonyl (C=O) groups excluding carboxylic acids is 6. The third kappa shape index (κ3) is 11.6. The summed E-state index contributed by atoms with van der Waals surface area (Å²) in [6.45, 7) is 9.02. The van der Waals surface area contributed by atoms with Crippen LogP contribution in [0.3, 0.4) is 0 Å². The molecule has 1 aliphatic heterocycles. The van der Waals surface area contributed by atoms with Gasteiger partial charge in [-0.1, -0.05) is 63.6 Å². The minimum Gasteiger partial charge on any atom is -0.480 e. The summed E-state index contributed by atoms with van der Waals surface area (Å²) in [5, 5.41) is 19.5. The first-order valence-corrected chi connectivity index (χ1v) is 15.4. The highest BCUT2D eigenvalue weighted by Crippen LogP contribution is 2.21. The zero-order valence-electron chi connectivity index (χ0n) is 26.6. The normalized spacial score (nSPS) is 16.0. The van der Waals surface area contributed by atoms with E-state index in [9.17, 15) is 38.7 Å². The highest BCUT2D eigenvalue weighted by molar-refractivity contribution is 6.38.